The van der Waals surface area contributed by atoms with Crippen LogP contribution in [0.2, 0.25) is 5.02 Å². The first kappa shape index (κ1) is 16.7. The number of hydrogen-bond donors (Lipinski definition) is 2. The smallest absolute Gasteiger partial charge is 0.251 e. The predicted molar refractivity (Wildman–Crippen MR) is 92.8 cm³/mol. The maximum Gasteiger partial charge on any atom is 0.251 e. The van der Waals surface area contributed by atoms with Gasteiger partial charge < -0.3 is 10.6 Å². The Kier molecular flexibility index (Phi) is 5.30. The average Bonchev–Trinajstić information content (AvgIpc) is 2.60. The van der Waals surface area contributed by atoms with Crippen molar-refractivity contribution in [2.45, 2.75) is 37.8 Å². The van der Waals surface area contributed by atoms with Crippen molar-refractivity contribution in [1.82, 2.24) is 10.3 Å². The molecule has 0 saturated heterocycles. The average molecular weight is 348 g/mol. The molecule has 1 heterocycles. The molecule has 126 valence electrons. The molecule has 0 radical (unpaired) electrons. The number of carbonyl (C=O) groups is 1. The molecule has 2 N–H and O–H groups in total. The van der Waals surface area contributed by atoms with E-state index in [0.29, 0.717) is 11.6 Å². The molecule has 1 aromatic heterocycles. The third-order valence-corrected chi connectivity index (χ3v) is 4.55. The summed E-state index contributed by atoms with van der Waals surface area (Å²) in [6, 6.07) is 10.3. The second kappa shape index (κ2) is 7.62. The number of carbonyl (C=O) groups excluding carboxylic acids is 1. The predicted octanol–water partition coefficient (Wildman–Crippen LogP) is 4.03. The Labute approximate surface area is 145 Å². The molecule has 0 bridgehead atoms. The van der Waals surface area contributed by atoms with Crippen molar-refractivity contribution in [2.24, 2.45) is 0 Å². The Morgan fingerprint density at radius 1 is 1.12 bits per heavy atom. The molecular formula is C18H19ClFN3O. The van der Waals surface area contributed by atoms with Crippen molar-refractivity contribution < 1.29 is 9.18 Å². The number of anilines is 1. The lowest BCUT2D eigenvalue weighted by Crippen LogP contribution is -2.40. The van der Waals surface area contributed by atoms with E-state index in [-0.39, 0.29) is 17.0 Å². The minimum atomic E-state index is -0.519. The van der Waals surface area contributed by atoms with E-state index in [2.05, 4.69) is 15.6 Å². The zero-order valence-electron chi connectivity index (χ0n) is 13.1. The molecule has 2 aromatic rings. The van der Waals surface area contributed by atoms with Gasteiger partial charge in [-0.15, -0.1) is 0 Å². The lowest BCUT2D eigenvalue weighted by atomic mass is 9.91. The Hall–Kier alpha value is -2.14. The number of aromatic nitrogens is 1. The molecule has 1 saturated carbocycles. The van der Waals surface area contributed by atoms with Crippen LogP contribution in [-0.4, -0.2) is 23.0 Å². The lowest BCUT2D eigenvalue weighted by molar-refractivity contribution is 0.0926. The fraction of sp³-hybridized carbons (Fsp3) is 0.333. The van der Waals surface area contributed by atoms with E-state index in [9.17, 15) is 9.18 Å². The maximum atomic E-state index is 13.2. The van der Waals surface area contributed by atoms with Gasteiger partial charge >= 0.3 is 0 Å². The van der Waals surface area contributed by atoms with Gasteiger partial charge in [0.1, 0.15) is 11.6 Å². The number of hydrogen-bond acceptors (Lipinski definition) is 3. The molecule has 0 spiro atoms. The highest BCUT2D eigenvalue weighted by molar-refractivity contribution is 6.31. The molecule has 1 aliphatic rings. The highest BCUT2D eigenvalue weighted by Crippen LogP contribution is 2.22. The van der Waals surface area contributed by atoms with Gasteiger partial charge in [-0.25, -0.2) is 9.37 Å². The minimum absolute atomic E-state index is 0.0362. The van der Waals surface area contributed by atoms with Gasteiger partial charge in [-0.05, 0) is 56.0 Å². The van der Waals surface area contributed by atoms with Gasteiger partial charge in [0.2, 0.25) is 0 Å². The van der Waals surface area contributed by atoms with Crippen LogP contribution < -0.4 is 10.6 Å². The molecule has 1 aliphatic carbocycles. The van der Waals surface area contributed by atoms with Gasteiger partial charge in [-0.2, -0.15) is 0 Å². The quantitative estimate of drug-likeness (QED) is 0.878. The summed E-state index contributed by atoms with van der Waals surface area (Å²) < 4.78 is 13.2. The lowest BCUT2D eigenvalue weighted by Gasteiger charge is -2.30. The van der Waals surface area contributed by atoms with Crippen molar-refractivity contribution >= 4 is 23.3 Å². The van der Waals surface area contributed by atoms with Crippen LogP contribution in [-0.2, 0) is 0 Å². The normalized spacial score (nSPS) is 20.4. The van der Waals surface area contributed by atoms with Crippen molar-refractivity contribution in [3.05, 3.63) is 59.0 Å². The number of rotatable bonds is 4. The summed E-state index contributed by atoms with van der Waals surface area (Å²) in [5.41, 5.74) is 0.384. The summed E-state index contributed by atoms with van der Waals surface area (Å²) in [7, 11) is 0. The zero-order chi connectivity index (χ0) is 16.9. The van der Waals surface area contributed by atoms with E-state index >= 15 is 0 Å². The SMILES string of the molecule is O=C(NC1CCC(Nc2ccccn2)CC1)c1ccc(F)c(Cl)c1. The summed E-state index contributed by atoms with van der Waals surface area (Å²) in [6.45, 7) is 0. The third-order valence-electron chi connectivity index (χ3n) is 4.26. The van der Waals surface area contributed by atoms with Gasteiger partial charge in [-0.3, -0.25) is 4.79 Å². The van der Waals surface area contributed by atoms with Crippen LogP contribution in [0.25, 0.3) is 0 Å². The van der Waals surface area contributed by atoms with Gasteiger partial charge in [0.25, 0.3) is 5.91 Å². The second-order valence-corrected chi connectivity index (χ2v) is 6.42. The third kappa shape index (κ3) is 4.23. The second-order valence-electron chi connectivity index (χ2n) is 6.01. The zero-order valence-corrected chi connectivity index (χ0v) is 13.9. The van der Waals surface area contributed by atoms with Crippen LogP contribution in [0.4, 0.5) is 10.2 Å². The van der Waals surface area contributed by atoms with Crippen LogP contribution in [0.1, 0.15) is 36.0 Å². The number of halogens is 2. The van der Waals surface area contributed by atoms with Gasteiger partial charge in [0, 0.05) is 23.8 Å². The highest BCUT2D eigenvalue weighted by atomic mass is 35.5. The molecular weight excluding hydrogens is 329 g/mol. The van der Waals surface area contributed by atoms with E-state index < -0.39 is 5.82 Å². The van der Waals surface area contributed by atoms with Crippen LogP contribution in [0.15, 0.2) is 42.6 Å². The van der Waals surface area contributed by atoms with Crippen molar-refractivity contribution in [1.29, 1.82) is 0 Å². The van der Waals surface area contributed by atoms with E-state index in [1.165, 1.54) is 18.2 Å². The van der Waals surface area contributed by atoms with Gasteiger partial charge in [0.15, 0.2) is 0 Å². The van der Waals surface area contributed by atoms with Crippen LogP contribution in [0, 0.1) is 5.82 Å². The molecule has 0 aliphatic heterocycles. The Bertz CT molecular complexity index is 703. The fourth-order valence-electron chi connectivity index (χ4n) is 2.95. The Balaban J connectivity index is 1.50. The van der Waals surface area contributed by atoms with Crippen LogP contribution in [0.3, 0.4) is 0 Å². The Morgan fingerprint density at radius 3 is 2.54 bits per heavy atom. The van der Waals surface area contributed by atoms with E-state index in [1.807, 2.05) is 18.2 Å². The minimum Gasteiger partial charge on any atom is -0.367 e. The molecule has 3 rings (SSSR count). The fourth-order valence-corrected chi connectivity index (χ4v) is 3.13. The van der Waals surface area contributed by atoms with Gasteiger partial charge in [0.05, 0.1) is 5.02 Å². The molecule has 0 atom stereocenters. The number of pyridine rings is 1. The largest absolute Gasteiger partial charge is 0.367 e. The first-order valence-electron chi connectivity index (χ1n) is 8.05. The van der Waals surface area contributed by atoms with Crippen molar-refractivity contribution in [3.8, 4) is 0 Å². The number of nitrogens with zero attached hydrogens (tertiary/aromatic N) is 1. The number of amides is 1. The summed E-state index contributed by atoms with van der Waals surface area (Å²) in [4.78, 5) is 16.5. The van der Waals surface area contributed by atoms with E-state index in [0.717, 1.165) is 31.5 Å². The standard InChI is InChI=1S/C18H19ClFN3O/c19-15-11-12(4-9-16(15)20)18(24)23-14-7-5-13(6-8-14)22-17-3-1-2-10-21-17/h1-4,9-11,13-14H,5-8H2,(H,21,22)(H,23,24). The Morgan fingerprint density at radius 2 is 1.88 bits per heavy atom. The van der Waals surface area contributed by atoms with Crippen molar-refractivity contribution in [2.75, 3.05) is 5.32 Å². The van der Waals surface area contributed by atoms with E-state index in [4.69, 9.17) is 11.6 Å². The van der Waals surface area contributed by atoms with Gasteiger partial charge in [-0.1, -0.05) is 17.7 Å². The summed E-state index contributed by atoms with van der Waals surface area (Å²) in [5, 5.41) is 6.38. The van der Waals surface area contributed by atoms with Crippen LogP contribution in [0.5, 0.6) is 0 Å². The topological polar surface area (TPSA) is 54.0 Å². The van der Waals surface area contributed by atoms with Crippen molar-refractivity contribution in [3.63, 3.8) is 0 Å². The highest BCUT2D eigenvalue weighted by Gasteiger charge is 2.23. The molecule has 1 amide bonds. The number of benzene rings is 1. The monoisotopic (exact) mass is 347 g/mol. The maximum absolute atomic E-state index is 13.2. The summed E-state index contributed by atoms with van der Waals surface area (Å²) in [6.07, 6.45) is 5.48. The summed E-state index contributed by atoms with van der Waals surface area (Å²) in [5.74, 6) is 0.151. The first-order valence-corrected chi connectivity index (χ1v) is 8.43. The molecule has 0 unspecified atom stereocenters. The molecule has 1 aromatic carbocycles. The summed E-state index contributed by atoms with van der Waals surface area (Å²) >= 11 is 5.73. The van der Waals surface area contributed by atoms with E-state index in [1.54, 1.807) is 6.20 Å². The molecule has 4 nitrogen and oxygen atoms in total. The molecule has 1 fully saturated rings. The number of nitrogens with one attached hydrogen (secondary N) is 2. The molecule has 6 heteroatoms. The van der Waals surface area contributed by atoms with Crippen LogP contribution >= 0.6 is 11.6 Å². The molecule has 24 heavy (non-hydrogen) atoms. The first-order chi connectivity index (χ1) is 11.6.